The van der Waals surface area contributed by atoms with E-state index >= 15 is 0 Å². The number of hydrogen-bond donors (Lipinski definition) is 2. The van der Waals surface area contributed by atoms with Crippen LogP contribution in [0.1, 0.15) is 26.6 Å². The summed E-state index contributed by atoms with van der Waals surface area (Å²) in [6, 6.07) is 8.35. The van der Waals surface area contributed by atoms with Gasteiger partial charge >= 0.3 is 0 Å². The molecule has 0 atom stereocenters. The van der Waals surface area contributed by atoms with Gasteiger partial charge in [-0.3, -0.25) is 20.4 Å². The minimum atomic E-state index is -0.544. The molecule has 2 aromatic rings. The lowest BCUT2D eigenvalue weighted by molar-refractivity contribution is 0.0841. The summed E-state index contributed by atoms with van der Waals surface area (Å²) < 4.78 is 5.40. The summed E-state index contributed by atoms with van der Waals surface area (Å²) in [5.74, 6) is -0.458. The molecule has 0 saturated carbocycles. The number of aryl methyl sites for hydroxylation is 1. The molecule has 0 saturated heterocycles. The number of hydrazine groups is 1. The number of benzene rings is 1. The van der Waals surface area contributed by atoms with Gasteiger partial charge in [-0.25, -0.2) is 0 Å². The van der Waals surface area contributed by atoms with Crippen molar-refractivity contribution in [2.24, 2.45) is 0 Å². The lowest BCUT2D eigenvalue weighted by Gasteiger charge is -2.06. The fraction of sp³-hybridized carbons (Fsp3) is 0.0833. The first-order valence-corrected chi connectivity index (χ1v) is 6.16. The third kappa shape index (κ3) is 3.19. The highest BCUT2D eigenvalue weighted by atomic mass is 79.9. The molecule has 98 valence electrons. The van der Waals surface area contributed by atoms with Gasteiger partial charge in [0.15, 0.2) is 5.69 Å². The van der Waals surface area contributed by atoms with Crippen LogP contribution in [0.2, 0.25) is 0 Å². The molecule has 6 nitrogen and oxygen atoms in total. The van der Waals surface area contributed by atoms with Crippen molar-refractivity contribution in [2.45, 2.75) is 6.92 Å². The van der Waals surface area contributed by atoms with E-state index in [1.807, 2.05) is 0 Å². The molecular formula is C12H10BrN3O3. The number of nitrogens with one attached hydrogen (secondary N) is 2. The summed E-state index contributed by atoms with van der Waals surface area (Å²) in [6.45, 7) is 1.67. The maximum Gasteiger partial charge on any atom is 0.291 e. The van der Waals surface area contributed by atoms with Crippen LogP contribution < -0.4 is 10.9 Å². The highest BCUT2D eigenvalue weighted by Gasteiger charge is 2.13. The van der Waals surface area contributed by atoms with E-state index < -0.39 is 11.8 Å². The normalized spacial score (nSPS) is 10.0. The molecule has 0 bridgehead atoms. The first kappa shape index (κ1) is 13.3. The molecule has 0 spiro atoms. The monoisotopic (exact) mass is 323 g/mol. The first-order valence-electron chi connectivity index (χ1n) is 5.36. The van der Waals surface area contributed by atoms with Crippen LogP contribution in [0.4, 0.5) is 0 Å². The first-order chi connectivity index (χ1) is 9.08. The largest absolute Gasteiger partial charge is 0.361 e. The second kappa shape index (κ2) is 5.66. The summed E-state index contributed by atoms with van der Waals surface area (Å²) in [7, 11) is 0. The Labute approximate surface area is 117 Å². The molecule has 0 aliphatic heterocycles. The molecule has 0 fully saturated rings. The highest BCUT2D eigenvalue weighted by molar-refractivity contribution is 9.10. The number of amides is 2. The van der Waals surface area contributed by atoms with Gasteiger partial charge in [0.1, 0.15) is 5.76 Å². The van der Waals surface area contributed by atoms with E-state index in [0.717, 1.165) is 0 Å². The van der Waals surface area contributed by atoms with Gasteiger partial charge in [0, 0.05) is 10.5 Å². The predicted octanol–water partition coefficient (Wildman–Crippen LogP) is 1.82. The smallest absolute Gasteiger partial charge is 0.291 e. The molecule has 0 aliphatic carbocycles. The fourth-order valence-electron chi connectivity index (χ4n) is 1.36. The quantitative estimate of drug-likeness (QED) is 0.826. The zero-order valence-corrected chi connectivity index (χ0v) is 11.5. The topological polar surface area (TPSA) is 84.2 Å². The van der Waals surface area contributed by atoms with E-state index in [4.69, 9.17) is 4.52 Å². The van der Waals surface area contributed by atoms with Gasteiger partial charge in [-0.2, -0.15) is 0 Å². The molecule has 0 unspecified atom stereocenters. The number of carbonyl (C=O) groups excluding carboxylic acids is 2. The number of nitrogens with zero attached hydrogens (tertiary/aromatic N) is 1. The summed E-state index contributed by atoms with van der Waals surface area (Å²) >= 11 is 3.25. The van der Waals surface area contributed by atoms with Crippen molar-refractivity contribution in [3.05, 3.63) is 51.8 Å². The molecule has 2 rings (SSSR count). The highest BCUT2D eigenvalue weighted by Crippen LogP contribution is 2.15. The number of halogens is 1. The van der Waals surface area contributed by atoms with Crippen LogP contribution >= 0.6 is 15.9 Å². The van der Waals surface area contributed by atoms with Gasteiger partial charge in [0.05, 0.1) is 5.56 Å². The van der Waals surface area contributed by atoms with Crippen LogP contribution in [0, 0.1) is 6.92 Å². The van der Waals surface area contributed by atoms with Crippen molar-refractivity contribution in [1.29, 1.82) is 0 Å². The average molecular weight is 324 g/mol. The zero-order valence-electron chi connectivity index (χ0n) is 9.94. The van der Waals surface area contributed by atoms with Crippen LogP contribution in [0.3, 0.4) is 0 Å². The maximum absolute atomic E-state index is 11.8. The van der Waals surface area contributed by atoms with E-state index in [2.05, 4.69) is 31.9 Å². The van der Waals surface area contributed by atoms with E-state index in [1.165, 1.54) is 6.07 Å². The number of hydrogen-bond acceptors (Lipinski definition) is 4. The predicted molar refractivity (Wildman–Crippen MR) is 70.3 cm³/mol. The van der Waals surface area contributed by atoms with Gasteiger partial charge in [-0.15, -0.1) is 0 Å². The minimum absolute atomic E-state index is 0.102. The van der Waals surface area contributed by atoms with Crippen LogP contribution in [0.15, 0.2) is 39.3 Å². The number of rotatable bonds is 2. The third-order valence-corrected chi connectivity index (χ3v) is 2.96. The van der Waals surface area contributed by atoms with E-state index in [9.17, 15) is 9.59 Å². The molecule has 2 amide bonds. The Bertz CT molecular complexity index is 624. The minimum Gasteiger partial charge on any atom is -0.361 e. The molecule has 19 heavy (non-hydrogen) atoms. The third-order valence-electron chi connectivity index (χ3n) is 2.27. The SMILES string of the molecule is Cc1cc(C(=O)NNC(=O)c2ccccc2Br)no1. The molecule has 0 aliphatic rings. The van der Waals surface area contributed by atoms with Crippen molar-refractivity contribution in [2.75, 3.05) is 0 Å². The average Bonchev–Trinajstić information content (AvgIpc) is 2.83. The van der Waals surface area contributed by atoms with E-state index in [0.29, 0.717) is 15.8 Å². The molecule has 0 radical (unpaired) electrons. The van der Waals surface area contributed by atoms with Crippen molar-refractivity contribution >= 4 is 27.7 Å². The van der Waals surface area contributed by atoms with Gasteiger partial charge < -0.3 is 4.52 Å². The van der Waals surface area contributed by atoms with Gasteiger partial charge in [-0.1, -0.05) is 17.3 Å². The molecular weight excluding hydrogens is 314 g/mol. The molecule has 1 heterocycles. The Kier molecular flexibility index (Phi) is 3.96. The van der Waals surface area contributed by atoms with Gasteiger partial charge in [0.25, 0.3) is 11.8 Å². The van der Waals surface area contributed by atoms with Crippen molar-refractivity contribution in [3.63, 3.8) is 0 Å². The number of carbonyl (C=O) groups is 2. The lowest BCUT2D eigenvalue weighted by atomic mass is 10.2. The standard InChI is InChI=1S/C12H10BrN3O3/c1-7-6-10(16-19-7)12(18)15-14-11(17)8-4-2-3-5-9(8)13/h2-6H,1H3,(H,14,17)(H,15,18). The summed E-state index contributed by atoms with van der Waals surface area (Å²) in [5.41, 5.74) is 5.07. The second-order valence-corrected chi connectivity index (χ2v) is 4.57. The Morgan fingerprint density at radius 1 is 1.21 bits per heavy atom. The number of aromatic nitrogens is 1. The summed E-state index contributed by atoms with van der Waals surface area (Å²) in [4.78, 5) is 23.4. The van der Waals surface area contributed by atoms with Crippen LogP contribution in [-0.4, -0.2) is 17.0 Å². The van der Waals surface area contributed by atoms with Crippen molar-refractivity contribution < 1.29 is 14.1 Å². The van der Waals surface area contributed by atoms with Crippen molar-refractivity contribution in [1.82, 2.24) is 16.0 Å². The fourth-order valence-corrected chi connectivity index (χ4v) is 1.83. The van der Waals surface area contributed by atoms with Crippen LogP contribution in [0.5, 0.6) is 0 Å². The Hall–Kier alpha value is -2.15. The summed E-state index contributed by atoms with van der Waals surface area (Å²) in [6.07, 6.45) is 0. The Morgan fingerprint density at radius 3 is 2.53 bits per heavy atom. The van der Waals surface area contributed by atoms with Gasteiger partial charge in [-0.05, 0) is 35.0 Å². The Balaban J connectivity index is 1.98. The molecule has 7 heteroatoms. The van der Waals surface area contributed by atoms with Crippen LogP contribution in [-0.2, 0) is 0 Å². The zero-order chi connectivity index (χ0) is 13.8. The van der Waals surface area contributed by atoms with Crippen LogP contribution in [0.25, 0.3) is 0 Å². The summed E-state index contributed by atoms with van der Waals surface area (Å²) in [5, 5.41) is 3.54. The van der Waals surface area contributed by atoms with E-state index in [1.54, 1.807) is 31.2 Å². The lowest BCUT2D eigenvalue weighted by Crippen LogP contribution is -2.41. The molecule has 2 N–H and O–H groups in total. The molecule has 1 aromatic carbocycles. The maximum atomic E-state index is 11.8. The van der Waals surface area contributed by atoms with Crippen molar-refractivity contribution in [3.8, 4) is 0 Å². The van der Waals surface area contributed by atoms with Gasteiger partial charge in [0.2, 0.25) is 0 Å². The Morgan fingerprint density at radius 2 is 1.89 bits per heavy atom. The second-order valence-electron chi connectivity index (χ2n) is 3.71. The van der Waals surface area contributed by atoms with E-state index in [-0.39, 0.29) is 5.69 Å². The molecule has 1 aromatic heterocycles.